The molecule has 0 bridgehead atoms. The van der Waals surface area contributed by atoms with E-state index in [0.29, 0.717) is 19.3 Å². The van der Waals surface area contributed by atoms with Gasteiger partial charge in [-0.15, -0.1) is 0 Å². The van der Waals surface area contributed by atoms with Gasteiger partial charge in [-0.2, -0.15) is 0 Å². The van der Waals surface area contributed by atoms with Gasteiger partial charge in [-0.05, 0) is 54.3 Å². The molecule has 0 fully saturated rings. The van der Waals surface area contributed by atoms with Crippen molar-refractivity contribution in [2.45, 2.75) is 25.7 Å². The number of unbranched alkanes of at least 4 members (excludes halogenated alkanes) is 2. The van der Waals surface area contributed by atoms with Gasteiger partial charge in [0.25, 0.3) is 5.91 Å². The molecule has 0 atom stereocenters. The first-order valence-corrected chi connectivity index (χ1v) is 9.75. The summed E-state index contributed by atoms with van der Waals surface area (Å²) in [6, 6.07) is 7.16. The van der Waals surface area contributed by atoms with Crippen LogP contribution in [0.15, 0.2) is 42.5 Å². The molecule has 4 amide bonds. The molecule has 32 heavy (non-hydrogen) atoms. The quantitative estimate of drug-likeness (QED) is 0.154. The standard InChI is InChI=1S/C22H22F3N3O4/c23-16-8-6-15(7-9-16)17(12-14-5-10-18(24)19(25)13-14)21(30)27-22(31)26-11-3-1-2-4-20(29)28-32/h5-10,12-13,32H,1-4,11H2,(H,28,29)(H2,26,27,30,31). The highest BCUT2D eigenvalue weighted by Gasteiger charge is 2.16. The summed E-state index contributed by atoms with van der Waals surface area (Å²) in [5.74, 6) is -4.01. The van der Waals surface area contributed by atoms with E-state index >= 15 is 0 Å². The lowest BCUT2D eigenvalue weighted by atomic mass is 10.0. The van der Waals surface area contributed by atoms with Gasteiger partial charge in [0.2, 0.25) is 5.91 Å². The van der Waals surface area contributed by atoms with E-state index in [-0.39, 0.29) is 29.7 Å². The number of amides is 4. The van der Waals surface area contributed by atoms with Crippen molar-refractivity contribution in [1.82, 2.24) is 16.1 Å². The Morgan fingerprint density at radius 3 is 2.28 bits per heavy atom. The van der Waals surface area contributed by atoms with E-state index in [1.165, 1.54) is 29.8 Å². The second-order valence-electron chi connectivity index (χ2n) is 6.79. The molecule has 0 aliphatic heterocycles. The molecule has 4 N–H and O–H groups in total. The molecule has 0 radical (unpaired) electrons. The number of imide groups is 1. The number of benzene rings is 2. The van der Waals surface area contributed by atoms with Gasteiger partial charge in [-0.25, -0.2) is 23.4 Å². The molecule has 7 nitrogen and oxygen atoms in total. The van der Waals surface area contributed by atoms with Crippen LogP contribution < -0.4 is 16.1 Å². The average molecular weight is 449 g/mol. The molecule has 2 rings (SSSR count). The molecule has 2 aromatic rings. The lowest BCUT2D eigenvalue weighted by Gasteiger charge is -2.10. The average Bonchev–Trinajstić information content (AvgIpc) is 2.77. The summed E-state index contributed by atoms with van der Waals surface area (Å²) >= 11 is 0. The zero-order valence-electron chi connectivity index (χ0n) is 17.0. The number of halogens is 3. The van der Waals surface area contributed by atoms with Crippen LogP contribution in [0.2, 0.25) is 0 Å². The van der Waals surface area contributed by atoms with Crippen LogP contribution in [0.5, 0.6) is 0 Å². The van der Waals surface area contributed by atoms with E-state index in [1.54, 1.807) is 0 Å². The van der Waals surface area contributed by atoms with Crippen molar-refractivity contribution in [3.63, 3.8) is 0 Å². The summed E-state index contributed by atoms with van der Waals surface area (Å²) in [6.07, 6.45) is 3.07. The van der Waals surface area contributed by atoms with Gasteiger partial charge in [-0.1, -0.05) is 24.6 Å². The Kier molecular flexibility index (Phi) is 9.43. The molecule has 0 aromatic heterocycles. The summed E-state index contributed by atoms with van der Waals surface area (Å²) in [5.41, 5.74) is 1.91. The van der Waals surface area contributed by atoms with Crippen molar-refractivity contribution in [3.05, 3.63) is 71.0 Å². The molecule has 0 aliphatic carbocycles. The van der Waals surface area contributed by atoms with E-state index in [4.69, 9.17) is 5.21 Å². The van der Waals surface area contributed by atoms with E-state index in [9.17, 15) is 27.6 Å². The second-order valence-corrected chi connectivity index (χ2v) is 6.79. The molecule has 0 saturated heterocycles. The van der Waals surface area contributed by atoms with Crippen LogP contribution >= 0.6 is 0 Å². The molecule has 0 aliphatic rings. The SMILES string of the molecule is O=C(CCCCCNC(=O)NC(=O)C(=Cc1ccc(F)c(F)c1)c1ccc(F)cc1)NO. The van der Waals surface area contributed by atoms with Gasteiger partial charge in [0.05, 0.1) is 0 Å². The monoisotopic (exact) mass is 449 g/mol. The van der Waals surface area contributed by atoms with Crippen molar-refractivity contribution in [3.8, 4) is 0 Å². The largest absolute Gasteiger partial charge is 0.338 e. The Labute approximate surface area is 182 Å². The maximum atomic E-state index is 13.5. The molecule has 10 heteroatoms. The first-order valence-electron chi connectivity index (χ1n) is 9.75. The fraction of sp³-hybridized carbons (Fsp3) is 0.227. The van der Waals surface area contributed by atoms with E-state index in [1.807, 2.05) is 0 Å². The molecule has 2 aromatic carbocycles. The maximum Gasteiger partial charge on any atom is 0.321 e. The Bertz CT molecular complexity index is 994. The third-order valence-electron chi connectivity index (χ3n) is 4.37. The Hall–Kier alpha value is -3.66. The van der Waals surface area contributed by atoms with Crippen LogP contribution in [0.25, 0.3) is 11.6 Å². The molecule has 170 valence electrons. The van der Waals surface area contributed by atoms with Gasteiger partial charge >= 0.3 is 6.03 Å². The predicted molar refractivity (Wildman–Crippen MR) is 111 cm³/mol. The van der Waals surface area contributed by atoms with Gasteiger partial charge in [0.1, 0.15) is 5.82 Å². The summed E-state index contributed by atoms with van der Waals surface area (Å²) in [4.78, 5) is 35.6. The summed E-state index contributed by atoms with van der Waals surface area (Å²) in [6.45, 7) is 0.235. The lowest BCUT2D eigenvalue weighted by Crippen LogP contribution is -2.40. The number of hydroxylamine groups is 1. The first-order chi connectivity index (χ1) is 15.3. The Morgan fingerprint density at radius 1 is 0.906 bits per heavy atom. The van der Waals surface area contributed by atoms with Crippen LogP contribution in [0.4, 0.5) is 18.0 Å². The van der Waals surface area contributed by atoms with Crippen LogP contribution in [-0.2, 0) is 9.59 Å². The number of rotatable bonds is 9. The minimum Gasteiger partial charge on any atom is -0.338 e. The smallest absolute Gasteiger partial charge is 0.321 e. The van der Waals surface area contributed by atoms with Crippen molar-refractivity contribution in [2.75, 3.05) is 6.54 Å². The summed E-state index contributed by atoms with van der Waals surface area (Å²) in [7, 11) is 0. The van der Waals surface area contributed by atoms with Gasteiger partial charge in [0.15, 0.2) is 11.6 Å². The maximum absolute atomic E-state index is 13.5. The zero-order chi connectivity index (χ0) is 23.5. The highest BCUT2D eigenvalue weighted by atomic mass is 19.2. The van der Waals surface area contributed by atoms with Crippen molar-refractivity contribution >= 4 is 29.5 Å². The van der Waals surface area contributed by atoms with Gasteiger partial charge < -0.3 is 5.32 Å². The zero-order valence-corrected chi connectivity index (χ0v) is 17.0. The molecule has 0 unspecified atom stereocenters. The molecule has 0 saturated carbocycles. The van der Waals surface area contributed by atoms with Crippen molar-refractivity contribution in [1.29, 1.82) is 0 Å². The molecule has 0 spiro atoms. The normalized spacial score (nSPS) is 11.1. The third kappa shape index (κ3) is 7.88. The fourth-order valence-corrected chi connectivity index (χ4v) is 2.74. The van der Waals surface area contributed by atoms with Gasteiger partial charge in [0, 0.05) is 18.5 Å². The summed E-state index contributed by atoms with van der Waals surface area (Å²) < 4.78 is 40.0. The van der Waals surface area contributed by atoms with Crippen LogP contribution in [0.3, 0.4) is 0 Å². The number of nitrogens with one attached hydrogen (secondary N) is 3. The van der Waals surface area contributed by atoms with Crippen molar-refractivity contribution in [2.24, 2.45) is 0 Å². The van der Waals surface area contributed by atoms with E-state index < -0.39 is 35.3 Å². The van der Waals surface area contributed by atoms with Crippen LogP contribution in [0.1, 0.15) is 36.8 Å². The number of carbonyl (C=O) groups excluding carboxylic acids is 3. The molecule has 0 heterocycles. The summed E-state index contributed by atoms with van der Waals surface area (Å²) in [5, 5.41) is 13.0. The molecular weight excluding hydrogens is 427 g/mol. The first kappa shape index (κ1) is 24.6. The molecular formula is C22H22F3N3O4. The number of urea groups is 1. The second kappa shape index (κ2) is 12.3. The van der Waals surface area contributed by atoms with E-state index in [0.717, 1.165) is 24.3 Å². The lowest BCUT2D eigenvalue weighted by molar-refractivity contribution is -0.129. The minimum absolute atomic E-state index is 0.0545. The number of hydrogen-bond donors (Lipinski definition) is 4. The topological polar surface area (TPSA) is 108 Å². The van der Waals surface area contributed by atoms with E-state index in [2.05, 4.69) is 10.6 Å². The Morgan fingerprint density at radius 2 is 1.62 bits per heavy atom. The number of hydrogen-bond acceptors (Lipinski definition) is 4. The highest BCUT2D eigenvalue weighted by molar-refractivity contribution is 6.27. The van der Waals surface area contributed by atoms with Crippen LogP contribution in [0, 0.1) is 17.5 Å². The van der Waals surface area contributed by atoms with Gasteiger partial charge in [-0.3, -0.25) is 20.1 Å². The third-order valence-corrected chi connectivity index (χ3v) is 4.37. The predicted octanol–water partition coefficient (Wildman–Crippen LogP) is 3.54. The highest BCUT2D eigenvalue weighted by Crippen LogP contribution is 2.20. The fourth-order valence-electron chi connectivity index (χ4n) is 2.74. The van der Waals surface area contributed by atoms with Crippen molar-refractivity contribution < 1.29 is 32.8 Å². The Balaban J connectivity index is 2.02. The van der Waals surface area contributed by atoms with Crippen LogP contribution in [-0.4, -0.2) is 29.6 Å². The number of carbonyl (C=O) groups is 3. The minimum atomic E-state index is -1.10.